The van der Waals surface area contributed by atoms with Crippen LogP contribution < -0.4 is 11.5 Å². The van der Waals surface area contributed by atoms with E-state index in [0.29, 0.717) is 13.1 Å². The minimum atomic E-state index is -0.0538. The van der Waals surface area contributed by atoms with Crippen molar-refractivity contribution in [2.24, 2.45) is 22.3 Å². The Bertz CT molecular complexity index is 210. The Morgan fingerprint density at radius 3 is 1.83 bits per heavy atom. The third-order valence-electron chi connectivity index (χ3n) is 3.05. The lowest BCUT2D eigenvalue weighted by atomic mass is 9.63. The second-order valence-corrected chi connectivity index (χ2v) is 4.00. The SMILES string of the molecule is CC1(C)C=CC=CC1(CN)CN. The van der Waals surface area contributed by atoms with Crippen LogP contribution in [-0.4, -0.2) is 13.1 Å². The maximum Gasteiger partial charge on any atom is 0.0216 e. The number of hydrogen-bond donors (Lipinski definition) is 2. The van der Waals surface area contributed by atoms with Crippen LogP contribution in [-0.2, 0) is 0 Å². The first-order valence-electron chi connectivity index (χ1n) is 4.35. The van der Waals surface area contributed by atoms with Crippen molar-refractivity contribution in [3.63, 3.8) is 0 Å². The molecule has 0 atom stereocenters. The molecule has 0 bridgehead atoms. The molecular weight excluding hydrogens is 148 g/mol. The number of hydrogen-bond acceptors (Lipinski definition) is 2. The molecule has 1 rings (SSSR count). The van der Waals surface area contributed by atoms with Gasteiger partial charge in [-0.05, 0) is 5.41 Å². The molecule has 12 heavy (non-hydrogen) atoms. The van der Waals surface area contributed by atoms with Crippen LogP contribution in [0.3, 0.4) is 0 Å². The van der Waals surface area contributed by atoms with Crippen molar-refractivity contribution in [2.45, 2.75) is 13.8 Å². The maximum atomic E-state index is 5.76. The topological polar surface area (TPSA) is 52.0 Å². The first-order valence-corrected chi connectivity index (χ1v) is 4.35. The molecule has 0 unspecified atom stereocenters. The van der Waals surface area contributed by atoms with Crippen LogP contribution in [0, 0.1) is 10.8 Å². The molecule has 0 saturated heterocycles. The van der Waals surface area contributed by atoms with Crippen molar-refractivity contribution >= 4 is 0 Å². The third-order valence-corrected chi connectivity index (χ3v) is 3.05. The Labute approximate surface area is 74.3 Å². The van der Waals surface area contributed by atoms with Gasteiger partial charge in [0, 0.05) is 18.5 Å². The normalized spacial score (nSPS) is 24.3. The molecule has 68 valence electrons. The smallest absolute Gasteiger partial charge is 0.0216 e. The zero-order chi connectivity index (χ0) is 9.24. The van der Waals surface area contributed by atoms with E-state index in [0.717, 1.165) is 0 Å². The molecule has 0 saturated carbocycles. The van der Waals surface area contributed by atoms with E-state index in [1.54, 1.807) is 0 Å². The van der Waals surface area contributed by atoms with Gasteiger partial charge in [0.2, 0.25) is 0 Å². The highest BCUT2D eigenvalue weighted by Gasteiger charge is 2.39. The summed E-state index contributed by atoms with van der Waals surface area (Å²) in [4.78, 5) is 0. The van der Waals surface area contributed by atoms with Gasteiger partial charge in [0.15, 0.2) is 0 Å². The molecule has 0 amide bonds. The quantitative estimate of drug-likeness (QED) is 0.644. The van der Waals surface area contributed by atoms with E-state index >= 15 is 0 Å². The summed E-state index contributed by atoms with van der Waals surface area (Å²) in [5, 5.41) is 0. The van der Waals surface area contributed by atoms with Crippen LogP contribution in [0.1, 0.15) is 13.8 Å². The second-order valence-electron chi connectivity index (χ2n) is 4.00. The summed E-state index contributed by atoms with van der Waals surface area (Å²) >= 11 is 0. The van der Waals surface area contributed by atoms with E-state index < -0.39 is 0 Å². The van der Waals surface area contributed by atoms with Gasteiger partial charge in [-0.1, -0.05) is 38.2 Å². The average molecular weight is 166 g/mol. The number of allylic oxidation sites excluding steroid dienone is 3. The summed E-state index contributed by atoms with van der Waals surface area (Å²) in [5.74, 6) is 0. The predicted octanol–water partition coefficient (Wildman–Crippen LogP) is 1.04. The van der Waals surface area contributed by atoms with E-state index in [4.69, 9.17) is 11.5 Å². The summed E-state index contributed by atoms with van der Waals surface area (Å²) in [6, 6.07) is 0. The first-order chi connectivity index (χ1) is 5.58. The fourth-order valence-electron chi connectivity index (χ4n) is 1.66. The Hall–Kier alpha value is -0.600. The predicted molar refractivity (Wildman–Crippen MR) is 52.6 cm³/mol. The third kappa shape index (κ3) is 1.21. The van der Waals surface area contributed by atoms with Crippen LogP contribution in [0.2, 0.25) is 0 Å². The molecule has 0 radical (unpaired) electrons. The van der Waals surface area contributed by atoms with Gasteiger partial charge in [-0.25, -0.2) is 0 Å². The molecule has 2 nitrogen and oxygen atoms in total. The fraction of sp³-hybridized carbons (Fsp3) is 0.600. The van der Waals surface area contributed by atoms with Crippen molar-refractivity contribution in [3.8, 4) is 0 Å². The van der Waals surface area contributed by atoms with Gasteiger partial charge in [0.1, 0.15) is 0 Å². The first kappa shape index (κ1) is 9.49. The summed E-state index contributed by atoms with van der Waals surface area (Å²) in [7, 11) is 0. The van der Waals surface area contributed by atoms with Crippen molar-refractivity contribution in [3.05, 3.63) is 24.3 Å². The Morgan fingerprint density at radius 1 is 1.00 bits per heavy atom. The second kappa shape index (κ2) is 3.04. The van der Waals surface area contributed by atoms with Crippen molar-refractivity contribution < 1.29 is 0 Å². The largest absolute Gasteiger partial charge is 0.330 e. The van der Waals surface area contributed by atoms with E-state index in [1.807, 2.05) is 6.08 Å². The van der Waals surface area contributed by atoms with Gasteiger partial charge in [-0.2, -0.15) is 0 Å². The van der Waals surface area contributed by atoms with Crippen molar-refractivity contribution in [1.82, 2.24) is 0 Å². The minimum absolute atomic E-state index is 0.0538. The zero-order valence-electron chi connectivity index (χ0n) is 7.88. The maximum absolute atomic E-state index is 5.76. The van der Waals surface area contributed by atoms with Crippen LogP contribution in [0.25, 0.3) is 0 Å². The lowest BCUT2D eigenvalue weighted by molar-refractivity contribution is 0.196. The molecule has 4 N–H and O–H groups in total. The zero-order valence-corrected chi connectivity index (χ0v) is 7.88. The van der Waals surface area contributed by atoms with Gasteiger partial charge in [-0.3, -0.25) is 0 Å². The van der Waals surface area contributed by atoms with Gasteiger partial charge < -0.3 is 11.5 Å². The minimum Gasteiger partial charge on any atom is -0.330 e. The average Bonchev–Trinajstić information content (AvgIpc) is 2.05. The fourth-order valence-corrected chi connectivity index (χ4v) is 1.66. The van der Waals surface area contributed by atoms with E-state index in [9.17, 15) is 0 Å². The van der Waals surface area contributed by atoms with Crippen LogP contribution in [0.5, 0.6) is 0 Å². The Balaban J connectivity index is 3.01. The molecule has 0 fully saturated rings. The van der Waals surface area contributed by atoms with Crippen LogP contribution >= 0.6 is 0 Å². The highest BCUT2D eigenvalue weighted by molar-refractivity contribution is 5.24. The van der Waals surface area contributed by atoms with Crippen molar-refractivity contribution in [2.75, 3.05) is 13.1 Å². The monoisotopic (exact) mass is 166 g/mol. The van der Waals surface area contributed by atoms with Crippen molar-refractivity contribution in [1.29, 1.82) is 0 Å². The summed E-state index contributed by atoms with van der Waals surface area (Å²) in [6.07, 6.45) is 8.40. The molecule has 0 heterocycles. The van der Waals surface area contributed by atoms with Crippen LogP contribution in [0.4, 0.5) is 0 Å². The molecule has 0 aromatic heterocycles. The summed E-state index contributed by atoms with van der Waals surface area (Å²) in [5.41, 5.74) is 11.5. The van der Waals surface area contributed by atoms with Crippen LogP contribution in [0.15, 0.2) is 24.3 Å². The summed E-state index contributed by atoms with van der Waals surface area (Å²) < 4.78 is 0. The van der Waals surface area contributed by atoms with Gasteiger partial charge in [0.25, 0.3) is 0 Å². The molecule has 1 aliphatic rings. The van der Waals surface area contributed by atoms with Gasteiger partial charge in [0.05, 0.1) is 0 Å². The number of rotatable bonds is 2. The lowest BCUT2D eigenvalue weighted by Crippen LogP contribution is -2.47. The molecular formula is C10H18N2. The molecule has 2 heteroatoms. The molecule has 0 aromatic carbocycles. The Morgan fingerprint density at radius 2 is 1.50 bits per heavy atom. The summed E-state index contributed by atoms with van der Waals surface area (Å²) in [6.45, 7) is 5.56. The lowest BCUT2D eigenvalue weighted by Gasteiger charge is -2.43. The van der Waals surface area contributed by atoms with Gasteiger partial charge >= 0.3 is 0 Å². The highest BCUT2D eigenvalue weighted by atomic mass is 14.7. The molecule has 0 spiro atoms. The molecule has 1 aliphatic carbocycles. The number of nitrogens with two attached hydrogens (primary N) is 2. The van der Waals surface area contributed by atoms with E-state index in [1.165, 1.54) is 0 Å². The highest BCUT2D eigenvalue weighted by Crippen LogP contribution is 2.42. The van der Waals surface area contributed by atoms with E-state index in [-0.39, 0.29) is 10.8 Å². The molecule has 0 aliphatic heterocycles. The standard InChI is InChI=1S/C10H18N2/c1-9(2)5-3-4-6-10(9,7-11)8-12/h3-6H,7-8,11-12H2,1-2H3. The Kier molecular flexibility index (Phi) is 2.40. The molecule has 0 aromatic rings. The van der Waals surface area contributed by atoms with E-state index in [2.05, 4.69) is 32.1 Å². The van der Waals surface area contributed by atoms with Gasteiger partial charge in [-0.15, -0.1) is 0 Å².